The zero-order valence-corrected chi connectivity index (χ0v) is 10.5. The first-order chi connectivity index (χ1) is 6.91. The van der Waals surface area contributed by atoms with E-state index in [2.05, 4.69) is 13.2 Å². The molecule has 0 aliphatic carbocycles. The van der Waals surface area contributed by atoms with Crippen LogP contribution in [0.4, 0.5) is 0 Å². The highest BCUT2D eigenvalue weighted by Gasteiger charge is 2.33. The first-order valence-corrected chi connectivity index (χ1v) is 5.56. The van der Waals surface area contributed by atoms with E-state index in [-0.39, 0.29) is 0 Å². The fourth-order valence-electron chi connectivity index (χ4n) is 0.893. The second-order valence-electron chi connectivity index (χ2n) is 2.90. The quantitative estimate of drug-likeness (QED) is 0.318. The van der Waals surface area contributed by atoms with Crippen molar-refractivity contribution in [3.05, 3.63) is 25.3 Å². The molecule has 1 unspecified atom stereocenters. The number of carbonyl (C=O) groups is 1. The largest absolute Gasteiger partial charge is 0.455 e. The number of hydrogen-bond acceptors (Lipinski definition) is 2. The lowest BCUT2D eigenvalue weighted by Crippen LogP contribution is -2.26. The van der Waals surface area contributed by atoms with Gasteiger partial charge in [-0.3, -0.25) is 0 Å². The van der Waals surface area contributed by atoms with Crippen LogP contribution in [0.1, 0.15) is 19.3 Å². The topological polar surface area (TPSA) is 26.3 Å². The molecule has 0 fully saturated rings. The lowest BCUT2D eigenvalue weighted by molar-refractivity contribution is -0.146. The Morgan fingerprint density at radius 3 is 2.40 bits per heavy atom. The molecule has 0 aromatic rings. The SMILES string of the molecule is C=CCCCC(C=C)OC(=O)C(Cl)(Cl)Cl. The van der Waals surface area contributed by atoms with Crippen molar-refractivity contribution in [2.75, 3.05) is 0 Å². The third-order valence-electron chi connectivity index (χ3n) is 1.65. The van der Waals surface area contributed by atoms with Gasteiger partial charge in [-0.05, 0) is 19.3 Å². The van der Waals surface area contributed by atoms with Gasteiger partial charge in [-0.2, -0.15) is 0 Å². The summed E-state index contributed by atoms with van der Waals surface area (Å²) in [6.45, 7) is 7.13. The molecule has 0 saturated heterocycles. The van der Waals surface area contributed by atoms with Crippen LogP contribution in [0, 0.1) is 0 Å². The predicted octanol–water partition coefficient (Wildman–Crippen LogP) is 3.81. The maximum atomic E-state index is 11.2. The normalized spacial score (nSPS) is 13.0. The molecule has 0 rings (SSSR count). The Balaban J connectivity index is 4.04. The Morgan fingerprint density at radius 2 is 2.00 bits per heavy atom. The molecule has 0 spiro atoms. The van der Waals surface area contributed by atoms with E-state index in [0.717, 1.165) is 12.8 Å². The second-order valence-corrected chi connectivity index (χ2v) is 5.18. The Morgan fingerprint density at radius 1 is 1.40 bits per heavy atom. The molecular formula is C10H13Cl3O2. The van der Waals surface area contributed by atoms with Crippen LogP contribution in [-0.4, -0.2) is 15.9 Å². The fraction of sp³-hybridized carbons (Fsp3) is 0.500. The summed E-state index contributed by atoms with van der Waals surface area (Å²) in [5.74, 6) is -0.879. The van der Waals surface area contributed by atoms with Gasteiger partial charge < -0.3 is 4.74 Å². The van der Waals surface area contributed by atoms with Crippen LogP contribution in [-0.2, 0) is 9.53 Å². The minimum Gasteiger partial charge on any atom is -0.455 e. The van der Waals surface area contributed by atoms with Crippen LogP contribution in [0.2, 0.25) is 0 Å². The first-order valence-electron chi connectivity index (χ1n) is 4.43. The molecule has 0 saturated carbocycles. The number of allylic oxidation sites excluding steroid dienone is 1. The van der Waals surface area contributed by atoms with Gasteiger partial charge >= 0.3 is 5.97 Å². The van der Waals surface area contributed by atoms with Gasteiger partial charge in [-0.25, -0.2) is 4.79 Å². The van der Waals surface area contributed by atoms with Crippen molar-refractivity contribution >= 4 is 40.8 Å². The molecule has 0 N–H and O–H groups in total. The molecule has 1 atom stereocenters. The van der Waals surface area contributed by atoms with E-state index < -0.39 is 15.9 Å². The van der Waals surface area contributed by atoms with E-state index >= 15 is 0 Å². The summed E-state index contributed by atoms with van der Waals surface area (Å²) in [5.41, 5.74) is 0. The molecule has 0 heterocycles. The van der Waals surface area contributed by atoms with Gasteiger partial charge in [0.15, 0.2) is 0 Å². The Bertz CT molecular complexity index is 233. The molecule has 86 valence electrons. The summed E-state index contributed by atoms with van der Waals surface area (Å²) in [5, 5.41) is 0. The van der Waals surface area contributed by atoms with Crippen molar-refractivity contribution in [1.29, 1.82) is 0 Å². The van der Waals surface area contributed by atoms with E-state index in [1.807, 2.05) is 0 Å². The summed E-state index contributed by atoms with van der Waals surface area (Å²) < 4.78 is 2.90. The van der Waals surface area contributed by atoms with E-state index in [0.29, 0.717) is 6.42 Å². The molecule has 0 aromatic carbocycles. The van der Waals surface area contributed by atoms with Gasteiger partial charge in [0.25, 0.3) is 3.79 Å². The summed E-state index contributed by atoms with van der Waals surface area (Å²) in [6, 6.07) is 0. The zero-order valence-electron chi connectivity index (χ0n) is 8.22. The summed E-state index contributed by atoms with van der Waals surface area (Å²) >= 11 is 16.1. The molecule has 0 aliphatic heterocycles. The number of alkyl halides is 3. The fourth-order valence-corrected chi connectivity index (χ4v) is 1.03. The monoisotopic (exact) mass is 270 g/mol. The standard InChI is InChI=1S/C10H13Cl3O2/c1-3-5-6-7-8(4-2)15-9(14)10(11,12)13/h3-4,8H,1-2,5-7H2. The maximum absolute atomic E-state index is 11.2. The van der Waals surface area contributed by atoms with Crippen LogP contribution in [0.15, 0.2) is 25.3 Å². The number of rotatable bonds is 6. The molecule has 5 heteroatoms. The van der Waals surface area contributed by atoms with Crippen LogP contribution in [0.25, 0.3) is 0 Å². The van der Waals surface area contributed by atoms with Crippen LogP contribution < -0.4 is 0 Å². The Kier molecular flexibility index (Phi) is 7.07. The molecule has 0 aromatic heterocycles. The number of carbonyl (C=O) groups excluding carboxylic acids is 1. The van der Waals surface area contributed by atoms with E-state index in [1.165, 1.54) is 6.08 Å². The van der Waals surface area contributed by atoms with Crippen molar-refractivity contribution in [3.63, 3.8) is 0 Å². The number of esters is 1. The highest BCUT2D eigenvalue weighted by molar-refractivity contribution is 6.75. The van der Waals surface area contributed by atoms with Gasteiger partial charge in [-0.1, -0.05) is 53.5 Å². The molecule has 0 aliphatic rings. The summed E-state index contributed by atoms with van der Waals surface area (Å²) in [6.07, 6.45) is 5.20. The number of hydrogen-bond donors (Lipinski definition) is 0. The van der Waals surface area contributed by atoms with Gasteiger partial charge in [0.1, 0.15) is 6.10 Å². The van der Waals surface area contributed by atoms with Crippen LogP contribution in [0.5, 0.6) is 0 Å². The van der Waals surface area contributed by atoms with Gasteiger partial charge in [0.05, 0.1) is 0 Å². The zero-order chi connectivity index (χ0) is 11.9. The van der Waals surface area contributed by atoms with Crippen molar-refractivity contribution in [1.82, 2.24) is 0 Å². The Hall–Kier alpha value is -0.180. The van der Waals surface area contributed by atoms with Gasteiger partial charge in [0.2, 0.25) is 0 Å². The van der Waals surface area contributed by atoms with Gasteiger partial charge in [0, 0.05) is 0 Å². The predicted molar refractivity (Wildman–Crippen MR) is 64.4 cm³/mol. The minimum atomic E-state index is -2.03. The smallest absolute Gasteiger partial charge is 0.359 e. The number of ether oxygens (including phenoxy) is 1. The lowest BCUT2D eigenvalue weighted by Gasteiger charge is -2.16. The van der Waals surface area contributed by atoms with Crippen molar-refractivity contribution in [2.45, 2.75) is 29.2 Å². The van der Waals surface area contributed by atoms with Crippen molar-refractivity contribution < 1.29 is 9.53 Å². The number of unbranched alkanes of at least 4 members (excludes halogenated alkanes) is 1. The average molecular weight is 272 g/mol. The van der Waals surface area contributed by atoms with Crippen LogP contribution >= 0.6 is 34.8 Å². The van der Waals surface area contributed by atoms with Crippen molar-refractivity contribution in [3.8, 4) is 0 Å². The van der Waals surface area contributed by atoms with E-state index in [4.69, 9.17) is 39.5 Å². The first kappa shape index (κ1) is 14.8. The highest BCUT2D eigenvalue weighted by atomic mass is 35.6. The number of halogens is 3. The molecular weight excluding hydrogens is 258 g/mol. The molecule has 0 bridgehead atoms. The average Bonchev–Trinajstić information content (AvgIpc) is 2.14. The second kappa shape index (κ2) is 7.15. The minimum absolute atomic E-state index is 0.423. The molecule has 2 nitrogen and oxygen atoms in total. The molecule has 0 radical (unpaired) electrons. The molecule has 15 heavy (non-hydrogen) atoms. The van der Waals surface area contributed by atoms with E-state index in [9.17, 15) is 4.79 Å². The van der Waals surface area contributed by atoms with Crippen LogP contribution in [0.3, 0.4) is 0 Å². The van der Waals surface area contributed by atoms with Gasteiger partial charge in [-0.15, -0.1) is 6.58 Å². The maximum Gasteiger partial charge on any atom is 0.359 e. The van der Waals surface area contributed by atoms with E-state index in [1.54, 1.807) is 6.08 Å². The summed E-state index contributed by atoms with van der Waals surface area (Å²) in [4.78, 5) is 11.2. The third-order valence-corrected chi connectivity index (χ3v) is 2.11. The van der Waals surface area contributed by atoms with Crippen molar-refractivity contribution in [2.24, 2.45) is 0 Å². The highest BCUT2D eigenvalue weighted by Crippen LogP contribution is 2.28. The third kappa shape index (κ3) is 6.82. The molecule has 0 amide bonds. The lowest BCUT2D eigenvalue weighted by atomic mass is 10.1. The Labute approximate surface area is 105 Å². The summed E-state index contributed by atoms with van der Waals surface area (Å²) in [7, 11) is 0.